The van der Waals surface area contributed by atoms with Gasteiger partial charge in [-0.3, -0.25) is 4.99 Å². The Labute approximate surface area is 134 Å². The van der Waals surface area contributed by atoms with Gasteiger partial charge < -0.3 is 5.32 Å². The van der Waals surface area contributed by atoms with Crippen LogP contribution in [-0.2, 0) is 10.0 Å². The van der Waals surface area contributed by atoms with Crippen LogP contribution in [0.15, 0.2) is 76.9 Å². The van der Waals surface area contributed by atoms with Gasteiger partial charge in [-0.1, -0.05) is 36.4 Å². The van der Waals surface area contributed by atoms with Crippen LogP contribution in [0.2, 0.25) is 0 Å². The number of primary sulfonamides is 1. The minimum absolute atomic E-state index is 0.0954. The lowest BCUT2D eigenvalue weighted by Gasteiger charge is -2.12. The fourth-order valence-corrected chi connectivity index (χ4v) is 2.84. The van der Waals surface area contributed by atoms with E-state index in [4.69, 9.17) is 5.14 Å². The van der Waals surface area contributed by atoms with Gasteiger partial charge in [-0.2, -0.15) is 0 Å². The first-order valence-electron chi connectivity index (χ1n) is 6.93. The number of nitrogens with one attached hydrogen (secondary N) is 1. The van der Waals surface area contributed by atoms with Gasteiger partial charge in [-0.05, 0) is 29.3 Å². The van der Waals surface area contributed by atoms with E-state index in [-0.39, 0.29) is 4.90 Å². The van der Waals surface area contributed by atoms with Crippen molar-refractivity contribution in [2.75, 3.05) is 0 Å². The molecule has 23 heavy (non-hydrogen) atoms. The van der Waals surface area contributed by atoms with Crippen LogP contribution in [0.25, 0.3) is 16.8 Å². The zero-order valence-corrected chi connectivity index (χ0v) is 13.0. The zero-order chi connectivity index (χ0) is 16.3. The molecule has 2 aromatic carbocycles. The lowest BCUT2D eigenvalue weighted by Crippen LogP contribution is -2.11. The quantitative estimate of drug-likeness (QED) is 0.909. The lowest BCUT2D eigenvalue weighted by atomic mass is 9.98. The lowest BCUT2D eigenvalue weighted by molar-refractivity contribution is 0.598. The largest absolute Gasteiger partial charge is 0.360 e. The summed E-state index contributed by atoms with van der Waals surface area (Å²) in [5, 5.41) is 8.32. The van der Waals surface area contributed by atoms with E-state index in [0.717, 1.165) is 22.4 Å². The summed E-state index contributed by atoms with van der Waals surface area (Å²) in [5.41, 5.74) is 3.70. The second-order valence-corrected chi connectivity index (χ2v) is 6.52. The van der Waals surface area contributed by atoms with Crippen LogP contribution in [0.5, 0.6) is 0 Å². The van der Waals surface area contributed by atoms with E-state index in [0.29, 0.717) is 0 Å². The fourth-order valence-electron chi connectivity index (χ4n) is 2.33. The van der Waals surface area contributed by atoms with Crippen LogP contribution in [0.4, 0.5) is 0 Å². The molecule has 1 heterocycles. The Kier molecular flexibility index (Phi) is 4.10. The number of sulfonamides is 1. The second kappa shape index (κ2) is 6.20. The minimum Gasteiger partial charge on any atom is -0.360 e. The van der Waals surface area contributed by atoms with Gasteiger partial charge in [0.25, 0.3) is 0 Å². The number of allylic oxidation sites excluding steroid dienone is 1. The summed E-state index contributed by atoms with van der Waals surface area (Å²) in [5.74, 6) is 0. The maximum atomic E-state index is 11.4. The molecule has 0 saturated heterocycles. The maximum absolute atomic E-state index is 11.4. The molecule has 0 atom stereocenters. The summed E-state index contributed by atoms with van der Waals surface area (Å²) >= 11 is 0. The van der Waals surface area contributed by atoms with Crippen molar-refractivity contribution in [1.82, 2.24) is 5.32 Å². The Bertz CT molecular complexity index is 911. The zero-order valence-electron chi connectivity index (χ0n) is 12.2. The Balaban J connectivity index is 2.06. The highest BCUT2D eigenvalue weighted by Crippen LogP contribution is 2.29. The highest BCUT2D eigenvalue weighted by atomic mass is 32.2. The number of nitrogens with zero attached hydrogens (tertiary/aromatic N) is 1. The molecular formula is C17H15N3O2S. The standard InChI is InChI=1S/C17H15N3O2S/c18-23(21,22)14-8-6-13(7-9-14)15-4-1-2-5-16(15)17-12-19-10-3-11-20-17/h1-12,20H,(H2,18,21,22). The highest BCUT2D eigenvalue weighted by molar-refractivity contribution is 7.89. The molecule has 2 aromatic rings. The monoisotopic (exact) mass is 325 g/mol. The highest BCUT2D eigenvalue weighted by Gasteiger charge is 2.11. The van der Waals surface area contributed by atoms with E-state index >= 15 is 0 Å². The number of aliphatic imine (C=N–C) groups is 1. The number of hydrogen-bond donors (Lipinski definition) is 2. The molecule has 0 amide bonds. The molecular weight excluding hydrogens is 310 g/mol. The predicted molar refractivity (Wildman–Crippen MR) is 92.0 cm³/mol. The normalized spacial score (nSPS) is 14.0. The smallest absolute Gasteiger partial charge is 0.238 e. The first-order chi connectivity index (χ1) is 11.1. The molecule has 1 aliphatic heterocycles. The average molecular weight is 325 g/mol. The molecule has 0 spiro atoms. The summed E-state index contributed by atoms with van der Waals surface area (Å²) in [6, 6.07) is 14.3. The van der Waals surface area contributed by atoms with Crippen molar-refractivity contribution in [2.45, 2.75) is 4.90 Å². The number of hydrogen-bond acceptors (Lipinski definition) is 4. The fraction of sp³-hybridized carbons (Fsp3) is 0. The van der Waals surface area contributed by atoms with Crippen LogP contribution in [0, 0.1) is 0 Å². The molecule has 0 aromatic heterocycles. The van der Waals surface area contributed by atoms with Crippen LogP contribution >= 0.6 is 0 Å². The van der Waals surface area contributed by atoms with Gasteiger partial charge >= 0.3 is 0 Å². The van der Waals surface area contributed by atoms with Gasteiger partial charge in [-0.15, -0.1) is 0 Å². The van der Waals surface area contributed by atoms with Crippen molar-refractivity contribution in [2.24, 2.45) is 10.1 Å². The van der Waals surface area contributed by atoms with Gasteiger partial charge in [0.15, 0.2) is 0 Å². The van der Waals surface area contributed by atoms with Crippen molar-refractivity contribution in [3.8, 4) is 11.1 Å². The number of nitrogens with two attached hydrogens (primary N) is 1. The molecule has 3 N–H and O–H groups in total. The summed E-state index contributed by atoms with van der Waals surface area (Å²) in [4.78, 5) is 4.27. The second-order valence-electron chi connectivity index (χ2n) is 4.96. The van der Waals surface area contributed by atoms with Crippen LogP contribution in [0.1, 0.15) is 5.56 Å². The van der Waals surface area contributed by atoms with E-state index in [1.54, 1.807) is 24.5 Å². The Morgan fingerprint density at radius 1 is 0.957 bits per heavy atom. The van der Waals surface area contributed by atoms with Gasteiger partial charge in [0, 0.05) is 18.0 Å². The SMILES string of the molecule is NS(=O)(=O)c1ccc(-c2ccccc2C2=CN=CC=CN2)cc1. The van der Waals surface area contributed by atoms with Gasteiger partial charge in [0.2, 0.25) is 10.0 Å². The molecule has 0 fully saturated rings. The number of rotatable bonds is 3. The average Bonchev–Trinajstić information content (AvgIpc) is 2.83. The third-order valence-electron chi connectivity index (χ3n) is 3.42. The molecule has 1 aliphatic rings. The van der Waals surface area contributed by atoms with Crippen molar-refractivity contribution < 1.29 is 8.42 Å². The van der Waals surface area contributed by atoms with Crippen molar-refractivity contribution in [3.05, 3.63) is 72.6 Å². The van der Waals surface area contributed by atoms with Crippen LogP contribution < -0.4 is 10.5 Å². The molecule has 0 radical (unpaired) electrons. The van der Waals surface area contributed by atoms with Crippen molar-refractivity contribution in [3.63, 3.8) is 0 Å². The topological polar surface area (TPSA) is 84.6 Å². The molecule has 0 bridgehead atoms. The Morgan fingerprint density at radius 3 is 2.35 bits per heavy atom. The first kappa shape index (κ1) is 15.2. The summed E-state index contributed by atoms with van der Waals surface area (Å²) in [6.07, 6.45) is 7.07. The third kappa shape index (κ3) is 3.39. The summed E-state index contributed by atoms with van der Waals surface area (Å²) < 4.78 is 22.7. The van der Waals surface area contributed by atoms with Gasteiger partial charge in [-0.25, -0.2) is 13.6 Å². The van der Waals surface area contributed by atoms with Crippen molar-refractivity contribution >= 4 is 21.9 Å². The first-order valence-corrected chi connectivity index (χ1v) is 8.48. The molecule has 0 unspecified atom stereocenters. The van der Waals surface area contributed by atoms with E-state index in [1.807, 2.05) is 36.5 Å². The van der Waals surface area contributed by atoms with E-state index in [9.17, 15) is 8.42 Å². The van der Waals surface area contributed by atoms with Crippen LogP contribution in [-0.4, -0.2) is 14.6 Å². The van der Waals surface area contributed by atoms with Crippen LogP contribution in [0.3, 0.4) is 0 Å². The van der Waals surface area contributed by atoms with Gasteiger partial charge in [0.05, 0.1) is 16.8 Å². The van der Waals surface area contributed by atoms with Crippen molar-refractivity contribution in [1.29, 1.82) is 0 Å². The van der Waals surface area contributed by atoms with E-state index in [1.165, 1.54) is 12.1 Å². The molecule has 3 rings (SSSR count). The number of benzene rings is 2. The molecule has 0 aliphatic carbocycles. The molecule has 0 saturated carbocycles. The molecule has 6 heteroatoms. The van der Waals surface area contributed by atoms with E-state index in [2.05, 4.69) is 10.3 Å². The maximum Gasteiger partial charge on any atom is 0.238 e. The van der Waals surface area contributed by atoms with Gasteiger partial charge in [0.1, 0.15) is 0 Å². The predicted octanol–water partition coefficient (Wildman–Crippen LogP) is 2.49. The Morgan fingerprint density at radius 2 is 1.65 bits per heavy atom. The minimum atomic E-state index is -3.69. The summed E-state index contributed by atoms with van der Waals surface area (Å²) in [6.45, 7) is 0. The Hall–Kier alpha value is -2.70. The van der Waals surface area contributed by atoms with E-state index < -0.39 is 10.0 Å². The molecule has 116 valence electrons. The third-order valence-corrected chi connectivity index (χ3v) is 4.35. The summed E-state index contributed by atoms with van der Waals surface area (Å²) in [7, 11) is -3.69. The molecule has 5 nitrogen and oxygen atoms in total.